The molecule has 0 fully saturated rings. The van der Waals surface area contributed by atoms with Crippen LogP contribution in [0.5, 0.6) is 0 Å². The highest BCUT2D eigenvalue weighted by molar-refractivity contribution is 6.13. The van der Waals surface area contributed by atoms with Crippen LogP contribution >= 0.6 is 0 Å². The summed E-state index contributed by atoms with van der Waals surface area (Å²) in [7, 11) is 0. The van der Waals surface area contributed by atoms with Crippen molar-refractivity contribution in [2.24, 2.45) is 0 Å². The molecule has 15 heteroatoms. The van der Waals surface area contributed by atoms with Crippen LogP contribution in [0, 0.1) is 113 Å². The van der Waals surface area contributed by atoms with Crippen LogP contribution in [0.15, 0.2) is 212 Å². The molecule has 426 valence electrons. The number of fused-ring (bicyclic) bond motifs is 6. The zero-order chi connectivity index (χ0) is 64.7. The van der Waals surface area contributed by atoms with E-state index in [1.165, 1.54) is 0 Å². The molecule has 0 spiro atoms. The van der Waals surface area contributed by atoms with E-state index in [1.807, 2.05) is 124 Å². The Morgan fingerprint density at radius 3 is 0.787 bits per heavy atom. The Bertz CT molecular complexity index is 5520. The van der Waals surface area contributed by atoms with E-state index in [-0.39, 0.29) is 28.6 Å². The summed E-state index contributed by atoms with van der Waals surface area (Å²) in [6.07, 6.45) is 0. The molecule has 0 N–H and O–H groups in total. The first kappa shape index (κ1) is 56.7. The van der Waals surface area contributed by atoms with Crippen LogP contribution in [0.3, 0.4) is 0 Å². The van der Waals surface area contributed by atoms with Gasteiger partial charge in [-0.25, -0.2) is 15.0 Å². The summed E-state index contributed by atoms with van der Waals surface area (Å²) >= 11 is 0. The minimum Gasteiger partial charge on any atom is -0.308 e. The molecule has 14 aromatic rings. The number of benzene rings is 11. The second-order valence-corrected chi connectivity index (χ2v) is 21.9. The van der Waals surface area contributed by atoms with Gasteiger partial charge in [0.15, 0.2) is 17.5 Å². The number of hydrogen-bond donors (Lipinski definition) is 0. The normalized spacial score (nSPS) is 10.7. The van der Waals surface area contributed by atoms with Crippen molar-refractivity contribution in [3.8, 4) is 151 Å². The average Bonchev–Trinajstić information content (AvgIpc) is 1.57. The summed E-state index contributed by atoms with van der Waals surface area (Å²) in [5, 5.41) is 106. The van der Waals surface area contributed by atoms with Crippen molar-refractivity contribution in [2.45, 2.75) is 0 Å². The van der Waals surface area contributed by atoms with Crippen molar-refractivity contribution in [1.29, 1.82) is 52.6 Å². The highest BCUT2D eigenvalue weighted by atomic mass is 15.1. The second kappa shape index (κ2) is 23.2. The molecule has 0 aliphatic heterocycles. The Kier molecular flexibility index (Phi) is 14.0. The minimum absolute atomic E-state index is 0.130. The van der Waals surface area contributed by atoms with Crippen molar-refractivity contribution in [2.75, 3.05) is 0 Å². The van der Waals surface area contributed by atoms with E-state index >= 15 is 0 Å². The maximum Gasteiger partial charge on any atom is 0.166 e. The van der Waals surface area contributed by atoms with E-state index in [1.54, 1.807) is 97.1 Å². The van der Waals surface area contributed by atoms with Gasteiger partial charge in [-0.05, 0) is 154 Å². The monoisotopic (exact) mass is 1190 g/mol. The first-order valence-corrected chi connectivity index (χ1v) is 29.0. The first-order chi connectivity index (χ1) is 46.1. The van der Waals surface area contributed by atoms with Gasteiger partial charge in [0, 0.05) is 38.2 Å². The fraction of sp³-hybridized carbons (Fsp3) is 0. The molecular weight excluding hydrogens is 1160 g/mol. The van der Waals surface area contributed by atoms with E-state index < -0.39 is 0 Å². The highest BCUT2D eigenvalue weighted by Crippen LogP contribution is 2.44. The second-order valence-electron chi connectivity index (χ2n) is 21.9. The average molecular weight is 1190 g/mol. The van der Waals surface area contributed by atoms with Crippen molar-refractivity contribution >= 4 is 43.6 Å². The number of hydrogen-bond acceptors (Lipinski definition) is 13. The number of aromatic nitrogens is 5. The summed E-state index contributed by atoms with van der Waals surface area (Å²) in [6.45, 7) is 0. The van der Waals surface area contributed by atoms with Crippen LogP contribution in [-0.4, -0.2) is 24.1 Å². The SMILES string of the molecule is N#Cc1ccc(-c2ccc3c4ccc(-c5ccc(C#N)cc5C#N)cc4n(-c4ccc(C#N)cc4-c4nc(-c5ccccc5)nc(-c5cc(C#N)ccc5-n5c6cc(-c7ccc(C#N)cc7C#N)ccc6c6ccc(-c7ccc(C#N)cc7C#N)cc65)n4)c3c2)c(C#N)c1. The summed E-state index contributed by atoms with van der Waals surface area (Å²) in [5.41, 5.74) is 13.1. The molecule has 0 bridgehead atoms. The zero-order valence-corrected chi connectivity index (χ0v) is 48.9. The third kappa shape index (κ3) is 9.60. The van der Waals surface area contributed by atoms with Crippen molar-refractivity contribution in [1.82, 2.24) is 24.1 Å². The van der Waals surface area contributed by atoms with Gasteiger partial charge in [-0.2, -0.15) is 52.6 Å². The lowest BCUT2D eigenvalue weighted by Gasteiger charge is -2.17. The Morgan fingerprint density at radius 1 is 0.223 bits per heavy atom. The first-order valence-electron chi connectivity index (χ1n) is 29.0. The van der Waals surface area contributed by atoms with Crippen LogP contribution in [0.2, 0.25) is 0 Å². The molecular formula is C79H35N15. The lowest BCUT2D eigenvalue weighted by atomic mass is 9.96. The van der Waals surface area contributed by atoms with Crippen LogP contribution in [0.25, 0.3) is 134 Å². The van der Waals surface area contributed by atoms with Gasteiger partial charge >= 0.3 is 0 Å². The van der Waals surface area contributed by atoms with Crippen LogP contribution in [0.1, 0.15) is 55.6 Å². The molecule has 0 saturated carbocycles. The highest BCUT2D eigenvalue weighted by Gasteiger charge is 2.26. The van der Waals surface area contributed by atoms with Crippen molar-refractivity contribution < 1.29 is 0 Å². The van der Waals surface area contributed by atoms with Crippen LogP contribution in [0.4, 0.5) is 0 Å². The molecule has 14 rings (SSSR count). The van der Waals surface area contributed by atoms with E-state index in [2.05, 4.69) is 60.7 Å². The van der Waals surface area contributed by atoms with Gasteiger partial charge in [-0.1, -0.05) is 103 Å². The molecule has 0 unspecified atom stereocenters. The molecule has 0 radical (unpaired) electrons. The van der Waals surface area contributed by atoms with Gasteiger partial charge in [0.1, 0.15) is 0 Å². The van der Waals surface area contributed by atoms with Gasteiger partial charge in [0.2, 0.25) is 0 Å². The van der Waals surface area contributed by atoms with Crippen molar-refractivity contribution in [3.63, 3.8) is 0 Å². The lowest BCUT2D eigenvalue weighted by Crippen LogP contribution is -2.06. The van der Waals surface area contributed by atoms with Crippen molar-refractivity contribution in [3.05, 3.63) is 268 Å². The summed E-state index contributed by atoms with van der Waals surface area (Å²) in [5.74, 6) is 0.502. The third-order valence-corrected chi connectivity index (χ3v) is 16.7. The molecule has 0 atom stereocenters. The molecule has 94 heavy (non-hydrogen) atoms. The Balaban J connectivity index is 1.07. The number of nitrogens with zero attached hydrogens (tertiary/aromatic N) is 15. The standard InChI is InChI=1S/C79H35N15/c80-36-46-6-16-61(57(26-46)42-86)53-12-20-65-66-21-13-54(62-17-7-47(37-81)27-58(62)43-87)33-74(66)93(73(65)32-53)71-24-10-50(40-84)30-69(71)78-90-77(52-4-2-1-3-5-52)91-79(92-78)70-31-51(41-85)11-25-72(70)94-75-34-55(63-18-8-48(38-82)28-59(63)44-88)14-22-67(75)68-23-15-56(35-76(68)94)64-19-9-49(39-83)29-60(64)45-89/h1-35H. The van der Waals surface area contributed by atoms with E-state index in [0.717, 1.165) is 21.5 Å². The predicted molar refractivity (Wildman–Crippen MR) is 354 cm³/mol. The summed E-state index contributed by atoms with van der Waals surface area (Å²) < 4.78 is 4.05. The van der Waals surface area contributed by atoms with Crippen LogP contribution in [-0.2, 0) is 0 Å². The summed E-state index contributed by atoms with van der Waals surface area (Å²) in [6, 6.07) is 85.2. The largest absolute Gasteiger partial charge is 0.308 e. The smallest absolute Gasteiger partial charge is 0.166 e. The third-order valence-electron chi connectivity index (χ3n) is 16.7. The molecule has 15 nitrogen and oxygen atoms in total. The topological polar surface area (TPSA) is 286 Å². The maximum absolute atomic E-state index is 10.8. The molecule has 0 aliphatic rings. The fourth-order valence-electron chi connectivity index (χ4n) is 12.4. The predicted octanol–water partition coefficient (Wildman–Crippen LogP) is 16.5. The van der Waals surface area contributed by atoms with E-state index in [9.17, 15) is 52.6 Å². The molecule has 3 aromatic heterocycles. The van der Waals surface area contributed by atoms with Gasteiger partial charge < -0.3 is 9.13 Å². The Hall–Kier alpha value is -15.1. The number of rotatable bonds is 9. The van der Waals surface area contributed by atoms with Gasteiger partial charge in [0.05, 0.1) is 150 Å². The van der Waals surface area contributed by atoms with E-state index in [4.69, 9.17) is 15.0 Å². The molecule has 0 saturated heterocycles. The summed E-state index contributed by atoms with van der Waals surface area (Å²) in [4.78, 5) is 15.9. The Morgan fingerprint density at radius 2 is 0.500 bits per heavy atom. The zero-order valence-electron chi connectivity index (χ0n) is 48.9. The molecule has 0 amide bonds. The molecule has 3 heterocycles. The lowest BCUT2D eigenvalue weighted by molar-refractivity contribution is 1.06. The van der Waals surface area contributed by atoms with Gasteiger partial charge in [-0.3, -0.25) is 0 Å². The molecule has 0 aliphatic carbocycles. The van der Waals surface area contributed by atoms with Crippen LogP contribution < -0.4 is 0 Å². The minimum atomic E-state index is 0.130. The molecule has 11 aromatic carbocycles. The Labute approximate surface area is 536 Å². The number of nitriles is 10. The van der Waals surface area contributed by atoms with E-state index in [0.29, 0.717) is 139 Å². The van der Waals surface area contributed by atoms with Gasteiger partial charge in [0.25, 0.3) is 0 Å². The maximum atomic E-state index is 10.8. The van der Waals surface area contributed by atoms with Gasteiger partial charge in [-0.15, -0.1) is 0 Å². The fourth-order valence-corrected chi connectivity index (χ4v) is 12.4. The quantitative estimate of drug-likeness (QED) is 0.130.